The molecular weight excluding hydrogens is 150 g/mol. The summed E-state index contributed by atoms with van der Waals surface area (Å²) in [5.41, 5.74) is 3.56. The first kappa shape index (κ1) is 7.77. The molecule has 1 aromatic rings. The van der Waals surface area contributed by atoms with Gasteiger partial charge in [-0.2, -0.15) is 5.48 Å². The van der Waals surface area contributed by atoms with Crippen molar-refractivity contribution in [2.75, 3.05) is 0 Å². The van der Waals surface area contributed by atoms with Gasteiger partial charge >= 0.3 is 0 Å². The molecule has 0 heterocycles. The van der Waals surface area contributed by atoms with Crippen molar-refractivity contribution in [3.8, 4) is 0 Å². The maximum atomic E-state index is 8.94. The van der Waals surface area contributed by atoms with Gasteiger partial charge in [-0.25, -0.2) is 0 Å². The standard InChI is InChI=1S/C10H13NO/c12-11-10(9-6-7-9)8-4-2-1-3-5-8/h1-5,9-12H,6-7H2/t10-/m0/s1. The summed E-state index contributed by atoms with van der Waals surface area (Å²) in [4.78, 5) is 0. The Morgan fingerprint density at radius 2 is 1.92 bits per heavy atom. The summed E-state index contributed by atoms with van der Waals surface area (Å²) in [6, 6.07) is 10.2. The minimum Gasteiger partial charge on any atom is -0.316 e. The van der Waals surface area contributed by atoms with Crippen molar-refractivity contribution >= 4 is 0 Å². The highest BCUT2D eigenvalue weighted by molar-refractivity contribution is 5.20. The normalized spacial score (nSPS) is 19.1. The van der Waals surface area contributed by atoms with Gasteiger partial charge in [0.15, 0.2) is 0 Å². The van der Waals surface area contributed by atoms with Crippen molar-refractivity contribution < 1.29 is 5.21 Å². The molecule has 2 rings (SSSR count). The number of hydrogen-bond donors (Lipinski definition) is 2. The third-order valence-electron chi connectivity index (χ3n) is 2.39. The minimum absolute atomic E-state index is 0.145. The third-order valence-corrected chi connectivity index (χ3v) is 2.39. The largest absolute Gasteiger partial charge is 0.316 e. The molecule has 12 heavy (non-hydrogen) atoms. The maximum absolute atomic E-state index is 8.94. The molecule has 1 atom stereocenters. The molecule has 2 heteroatoms. The quantitative estimate of drug-likeness (QED) is 0.669. The number of hydrogen-bond acceptors (Lipinski definition) is 2. The van der Waals surface area contributed by atoms with Gasteiger partial charge in [0, 0.05) is 0 Å². The Labute approximate surface area is 72.2 Å². The second kappa shape index (κ2) is 3.25. The molecule has 0 amide bonds. The van der Waals surface area contributed by atoms with E-state index in [0.717, 1.165) is 0 Å². The van der Waals surface area contributed by atoms with E-state index in [0.29, 0.717) is 5.92 Å². The van der Waals surface area contributed by atoms with Gasteiger partial charge in [0.2, 0.25) is 0 Å². The molecule has 1 aromatic carbocycles. The molecule has 1 aliphatic carbocycles. The van der Waals surface area contributed by atoms with E-state index in [9.17, 15) is 0 Å². The Morgan fingerprint density at radius 1 is 1.25 bits per heavy atom. The average Bonchev–Trinajstić information content (AvgIpc) is 2.92. The molecule has 0 aromatic heterocycles. The molecule has 1 saturated carbocycles. The third kappa shape index (κ3) is 1.49. The summed E-state index contributed by atoms with van der Waals surface area (Å²) in [7, 11) is 0. The van der Waals surface area contributed by atoms with E-state index in [2.05, 4.69) is 5.48 Å². The monoisotopic (exact) mass is 163 g/mol. The fourth-order valence-electron chi connectivity index (χ4n) is 1.54. The highest BCUT2D eigenvalue weighted by Crippen LogP contribution is 2.40. The van der Waals surface area contributed by atoms with Crippen LogP contribution in [0.15, 0.2) is 30.3 Å². The molecule has 0 aliphatic heterocycles. The first-order valence-electron chi connectivity index (χ1n) is 4.36. The fraction of sp³-hybridized carbons (Fsp3) is 0.400. The highest BCUT2D eigenvalue weighted by Gasteiger charge is 2.31. The Kier molecular flexibility index (Phi) is 2.11. The Morgan fingerprint density at radius 3 is 2.42 bits per heavy atom. The molecule has 1 aliphatic rings. The lowest BCUT2D eigenvalue weighted by Crippen LogP contribution is -2.18. The van der Waals surface area contributed by atoms with Crippen LogP contribution in [0.25, 0.3) is 0 Å². The summed E-state index contributed by atoms with van der Waals surface area (Å²) < 4.78 is 0. The van der Waals surface area contributed by atoms with Crippen molar-refractivity contribution in [1.29, 1.82) is 0 Å². The maximum Gasteiger partial charge on any atom is 0.0597 e. The lowest BCUT2D eigenvalue weighted by Gasteiger charge is -2.13. The number of benzene rings is 1. The van der Waals surface area contributed by atoms with Gasteiger partial charge in [-0.15, -0.1) is 0 Å². The van der Waals surface area contributed by atoms with Crippen LogP contribution in [0.3, 0.4) is 0 Å². The summed E-state index contributed by atoms with van der Waals surface area (Å²) >= 11 is 0. The second-order valence-corrected chi connectivity index (χ2v) is 3.35. The molecule has 0 radical (unpaired) electrons. The number of nitrogens with one attached hydrogen (secondary N) is 1. The van der Waals surface area contributed by atoms with Gasteiger partial charge in [0.05, 0.1) is 6.04 Å². The van der Waals surface area contributed by atoms with E-state index < -0.39 is 0 Å². The fourth-order valence-corrected chi connectivity index (χ4v) is 1.54. The zero-order valence-electron chi connectivity index (χ0n) is 6.90. The smallest absolute Gasteiger partial charge is 0.0597 e. The van der Waals surface area contributed by atoms with Crippen LogP contribution in [0, 0.1) is 5.92 Å². The average molecular weight is 163 g/mol. The predicted octanol–water partition coefficient (Wildman–Crippen LogP) is 2.12. The second-order valence-electron chi connectivity index (χ2n) is 3.35. The molecule has 2 N–H and O–H groups in total. The van der Waals surface area contributed by atoms with E-state index in [1.54, 1.807) is 0 Å². The zero-order valence-corrected chi connectivity index (χ0v) is 6.90. The molecule has 0 saturated heterocycles. The lowest BCUT2D eigenvalue weighted by molar-refractivity contribution is 0.116. The zero-order chi connectivity index (χ0) is 8.39. The van der Waals surface area contributed by atoms with E-state index >= 15 is 0 Å². The van der Waals surface area contributed by atoms with Gasteiger partial charge < -0.3 is 5.21 Å². The van der Waals surface area contributed by atoms with Crippen molar-refractivity contribution in [2.45, 2.75) is 18.9 Å². The molecule has 2 nitrogen and oxygen atoms in total. The summed E-state index contributed by atoms with van der Waals surface area (Å²) in [5.74, 6) is 0.636. The molecule has 0 bridgehead atoms. The summed E-state index contributed by atoms with van der Waals surface area (Å²) in [6.45, 7) is 0. The van der Waals surface area contributed by atoms with Crippen molar-refractivity contribution in [3.63, 3.8) is 0 Å². The van der Waals surface area contributed by atoms with Gasteiger partial charge in [-0.3, -0.25) is 0 Å². The first-order valence-corrected chi connectivity index (χ1v) is 4.36. The van der Waals surface area contributed by atoms with E-state index in [-0.39, 0.29) is 6.04 Å². The van der Waals surface area contributed by atoms with Gasteiger partial charge in [0.1, 0.15) is 0 Å². The topological polar surface area (TPSA) is 32.3 Å². The van der Waals surface area contributed by atoms with E-state index in [1.807, 2.05) is 30.3 Å². The van der Waals surface area contributed by atoms with Crippen LogP contribution in [0.1, 0.15) is 24.4 Å². The molecule has 64 valence electrons. The van der Waals surface area contributed by atoms with Gasteiger partial charge in [-0.1, -0.05) is 30.3 Å². The van der Waals surface area contributed by atoms with Crippen LogP contribution in [0.2, 0.25) is 0 Å². The Hall–Kier alpha value is -0.860. The van der Waals surface area contributed by atoms with E-state index in [4.69, 9.17) is 5.21 Å². The van der Waals surface area contributed by atoms with Crippen LogP contribution in [-0.4, -0.2) is 5.21 Å². The van der Waals surface area contributed by atoms with Crippen molar-refractivity contribution in [1.82, 2.24) is 5.48 Å². The van der Waals surface area contributed by atoms with Crippen molar-refractivity contribution in [3.05, 3.63) is 35.9 Å². The van der Waals surface area contributed by atoms with Crippen molar-refractivity contribution in [2.24, 2.45) is 5.92 Å². The SMILES string of the molecule is ON[C@@H](c1ccccc1)C1CC1. The molecular formula is C10H13NO. The minimum atomic E-state index is 0.145. The Balaban J connectivity index is 2.15. The molecule has 1 fully saturated rings. The highest BCUT2D eigenvalue weighted by atomic mass is 16.5. The predicted molar refractivity (Wildman–Crippen MR) is 46.8 cm³/mol. The lowest BCUT2D eigenvalue weighted by atomic mass is 10.0. The van der Waals surface area contributed by atoms with Crippen LogP contribution in [0.5, 0.6) is 0 Å². The van der Waals surface area contributed by atoms with Crippen LogP contribution >= 0.6 is 0 Å². The van der Waals surface area contributed by atoms with E-state index in [1.165, 1.54) is 18.4 Å². The van der Waals surface area contributed by atoms with Crippen LogP contribution in [-0.2, 0) is 0 Å². The molecule has 0 spiro atoms. The Bertz CT molecular complexity index is 243. The summed E-state index contributed by atoms with van der Waals surface area (Å²) in [5, 5.41) is 8.94. The number of rotatable bonds is 3. The van der Waals surface area contributed by atoms with Crippen LogP contribution in [0.4, 0.5) is 0 Å². The van der Waals surface area contributed by atoms with Gasteiger partial charge in [0.25, 0.3) is 0 Å². The van der Waals surface area contributed by atoms with Crippen LogP contribution < -0.4 is 5.48 Å². The van der Waals surface area contributed by atoms with Gasteiger partial charge in [-0.05, 0) is 24.3 Å². The summed E-state index contributed by atoms with van der Waals surface area (Å²) in [6.07, 6.45) is 2.46. The first-order chi connectivity index (χ1) is 5.92. The number of hydroxylamine groups is 1. The molecule has 0 unspecified atom stereocenters.